The summed E-state index contributed by atoms with van der Waals surface area (Å²) in [6.45, 7) is 6.89. The van der Waals surface area contributed by atoms with Crippen LogP contribution in [0.25, 0.3) is 0 Å². The van der Waals surface area contributed by atoms with Crippen molar-refractivity contribution in [1.29, 1.82) is 0 Å². The topological polar surface area (TPSA) is 70.2 Å². The predicted octanol–water partition coefficient (Wildman–Crippen LogP) is 0.405. The maximum absolute atomic E-state index is 11.9. The Hall–Kier alpha value is -1.10. The molecule has 1 rings (SSSR count). The smallest absolute Gasteiger partial charge is 0.239 e. The molecule has 1 saturated heterocycles. The second-order valence-electron chi connectivity index (χ2n) is 5.25. The van der Waals surface area contributed by atoms with Gasteiger partial charge in [0, 0.05) is 6.04 Å². The maximum Gasteiger partial charge on any atom is 0.239 e. The van der Waals surface area contributed by atoms with Crippen LogP contribution in [0.3, 0.4) is 0 Å². The van der Waals surface area contributed by atoms with Crippen LogP contribution in [0, 0.1) is 5.92 Å². The molecule has 0 aliphatic carbocycles. The molecule has 2 atom stereocenters. The summed E-state index contributed by atoms with van der Waals surface area (Å²) in [5.41, 5.74) is 0. The molecule has 1 heterocycles. The van der Waals surface area contributed by atoms with Crippen molar-refractivity contribution >= 4 is 11.8 Å². The van der Waals surface area contributed by atoms with Crippen molar-refractivity contribution in [2.24, 2.45) is 5.92 Å². The lowest BCUT2D eigenvalue weighted by atomic mass is 9.90. The maximum atomic E-state index is 11.9. The number of rotatable bonds is 5. The molecule has 5 nitrogen and oxygen atoms in total. The van der Waals surface area contributed by atoms with E-state index in [2.05, 4.69) is 22.9 Å². The minimum Gasteiger partial charge on any atom is -0.352 e. The monoisotopic (exact) mass is 255 g/mol. The normalized spacial score (nSPS) is 23.8. The molecule has 1 fully saturated rings. The number of nitrogens with one attached hydrogen (secondary N) is 3. The Morgan fingerprint density at radius 3 is 2.72 bits per heavy atom. The number of carbonyl (C=O) groups is 2. The van der Waals surface area contributed by atoms with Crippen LogP contribution in [0.15, 0.2) is 0 Å². The fourth-order valence-corrected chi connectivity index (χ4v) is 2.23. The molecule has 0 aromatic heterocycles. The number of amides is 2. The molecule has 2 amide bonds. The lowest BCUT2D eigenvalue weighted by molar-refractivity contribution is -0.128. The first kappa shape index (κ1) is 15.0. The molecule has 2 unspecified atom stereocenters. The van der Waals surface area contributed by atoms with Crippen molar-refractivity contribution in [3.63, 3.8) is 0 Å². The number of carbonyl (C=O) groups excluding carboxylic acids is 2. The van der Waals surface area contributed by atoms with Gasteiger partial charge in [-0.3, -0.25) is 9.59 Å². The Morgan fingerprint density at radius 1 is 1.39 bits per heavy atom. The van der Waals surface area contributed by atoms with E-state index in [1.807, 2.05) is 13.8 Å². The van der Waals surface area contributed by atoms with E-state index in [4.69, 9.17) is 0 Å². The van der Waals surface area contributed by atoms with Crippen LogP contribution >= 0.6 is 0 Å². The third-order valence-electron chi connectivity index (χ3n) is 3.28. The molecule has 0 aromatic carbocycles. The van der Waals surface area contributed by atoms with Gasteiger partial charge in [-0.05, 0) is 39.2 Å². The van der Waals surface area contributed by atoms with Gasteiger partial charge >= 0.3 is 0 Å². The average molecular weight is 255 g/mol. The molecule has 0 aromatic rings. The third-order valence-corrected chi connectivity index (χ3v) is 3.28. The summed E-state index contributed by atoms with van der Waals surface area (Å²) in [7, 11) is 0. The standard InChI is InChI=1S/C13H25N3O2/c1-4-10-5-6-14-11(7-10)13(18)15-8-12(17)16-9(2)3/h9-11,14H,4-8H2,1-3H3,(H,15,18)(H,16,17). The van der Waals surface area contributed by atoms with E-state index < -0.39 is 0 Å². The van der Waals surface area contributed by atoms with Gasteiger partial charge in [-0.1, -0.05) is 13.3 Å². The minimum atomic E-state index is -0.143. The minimum absolute atomic E-state index is 0.0615. The zero-order valence-corrected chi connectivity index (χ0v) is 11.6. The molecule has 0 spiro atoms. The molecule has 3 N–H and O–H groups in total. The number of piperidine rings is 1. The van der Waals surface area contributed by atoms with E-state index in [1.165, 1.54) is 0 Å². The molecular formula is C13H25N3O2. The van der Waals surface area contributed by atoms with E-state index in [-0.39, 0.29) is 30.4 Å². The second-order valence-corrected chi connectivity index (χ2v) is 5.25. The Morgan fingerprint density at radius 2 is 2.11 bits per heavy atom. The Bertz CT molecular complexity index is 292. The Kier molecular flexibility index (Phi) is 6.12. The van der Waals surface area contributed by atoms with Gasteiger partial charge in [-0.15, -0.1) is 0 Å². The van der Waals surface area contributed by atoms with Crippen molar-refractivity contribution in [2.75, 3.05) is 13.1 Å². The summed E-state index contributed by atoms with van der Waals surface area (Å²) in [4.78, 5) is 23.3. The highest BCUT2D eigenvalue weighted by Gasteiger charge is 2.25. The van der Waals surface area contributed by atoms with Crippen molar-refractivity contribution < 1.29 is 9.59 Å². The van der Waals surface area contributed by atoms with Gasteiger partial charge in [0.2, 0.25) is 11.8 Å². The summed E-state index contributed by atoms with van der Waals surface area (Å²) >= 11 is 0. The molecule has 1 aliphatic rings. The zero-order valence-electron chi connectivity index (χ0n) is 11.6. The lowest BCUT2D eigenvalue weighted by Crippen LogP contribution is -2.50. The van der Waals surface area contributed by atoms with E-state index >= 15 is 0 Å². The average Bonchev–Trinajstić information content (AvgIpc) is 2.35. The zero-order chi connectivity index (χ0) is 13.5. The molecule has 0 bridgehead atoms. The summed E-state index contributed by atoms with van der Waals surface area (Å²) in [6, 6.07) is -0.0396. The highest BCUT2D eigenvalue weighted by atomic mass is 16.2. The van der Waals surface area contributed by atoms with Gasteiger partial charge in [-0.25, -0.2) is 0 Å². The highest BCUT2D eigenvalue weighted by molar-refractivity contribution is 5.87. The van der Waals surface area contributed by atoms with Gasteiger partial charge in [0.05, 0.1) is 12.6 Å². The lowest BCUT2D eigenvalue weighted by Gasteiger charge is -2.28. The first-order chi connectivity index (χ1) is 8.52. The van der Waals surface area contributed by atoms with Crippen molar-refractivity contribution in [2.45, 2.75) is 52.1 Å². The number of hydrogen-bond acceptors (Lipinski definition) is 3. The molecule has 0 saturated carbocycles. The van der Waals surface area contributed by atoms with E-state index in [0.29, 0.717) is 5.92 Å². The summed E-state index contributed by atoms with van der Waals surface area (Å²) in [5.74, 6) is 0.416. The van der Waals surface area contributed by atoms with Crippen LogP contribution in [0.4, 0.5) is 0 Å². The van der Waals surface area contributed by atoms with Crippen LogP contribution in [0.1, 0.15) is 40.0 Å². The van der Waals surface area contributed by atoms with Crippen LogP contribution in [-0.2, 0) is 9.59 Å². The molecule has 104 valence electrons. The highest BCUT2D eigenvalue weighted by Crippen LogP contribution is 2.19. The molecule has 1 aliphatic heterocycles. The van der Waals surface area contributed by atoms with Crippen molar-refractivity contribution in [3.05, 3.63) is 0 Å². The van der Waals surface area contributed by atoms with Gasteiger partial charge < -0.3 is 16.0 Å². The largest absolute Gasteiger partial charge is 0.352 e. The SMILES string of the molecule is CCC1CCNC(C(=O)NCC(=O)NC(C)C)C1. The van der Waals surface area contributed by atoms with Gasteiger partial charge in [0.1, 0.15) is 0 Å². The van der Waals surface area contributed by atoms with Crippen LogP contribution in [-0.4, -0.2) is 37.0 Å². The quantitative estimate of drug-likeness (QED) is 0.666. The Labute approximate surface area is 109 Å². The first-order valence-corrected chi connectivity index (χ1v) is 6.83. The molecule has 0 radical (unpaired) electrons. The van der Waals surface area contributed by atoms with E-state index in [0.717, 1.165) is 25.8 Å². The van der Waals surface area contributed by atoms with Gasteiger partial charge in [0.15, 0.2) is 0 Å². The fourth-order valence-electron chi connectivity index (χ4n) is 2.23. The van der Waals surface area contributed by atoms with E-state index in [1.54, 1.807) is 0 Å². The summed E-state index contributed by atoms with van der Waals surface area (Å²) in [6.07, 6.45) is 3.11. The first-order valence-electron chi connectivity index (χ1n) is 6.83. The van der Waals surface area contributed by atoms with Gasteiger partial charge in [0.25, 0.3) is 0 Å². The van der Waals surface area contributed by atoms with Crippen molar-refractivity contribution in [3.8, 4) is 0 Å². The van der Waals surface area contributed by atoms with Crippen molar-refractivity contribution in [1.82, 2.24) is 16.0 Å². The second kappa shape index (κ2) is 7.36. The predicted molar refractivity (Wildman–Crippen MR) is 71.1 cm³/mol. The fraction of sp³-hybridized carbons (Fsp3) is 0.846. The van der Waals surface area contributed by atoms with E-state index in [9.17, 15) is 9.59 Å². The summed E-state index contributed by atoms with van der Waals surface area (Å²) < 4.78 is 0. The number of hydrogen-bond donors (Lipinski definition) is 3. The summed E-state index contributed by atoms with van der Waals surface area (Å²) in [5, 5.41) is 8.64. The Balaban J connectivity index is 2.29. The molecule has 18 heavy (non-hydrogen) atoms. The van der Waals surface area contributed by atoms with Crippen LogP contribution in [0.2, 0.25) is 0 Å². The molecule has 5 heteroatoms. The van der Waals surface area contributed by atoms with Crippen LogP contribution in [0.5, 0.6) is 0 Å². The third kappa shape index (κ3) is 5.04. The van der Waals surface area contributed by atoms with Crippen LogP contribution < -0.4 is 16.0 Å². The van der Waals surface area contributed by atoms with Gasteiger partial charge in [-0.2, -0.15) is 0 Å². The molecular weight excluding hydrogens is 230 g/mol.